The topological polar surface area (TPSA) is 12.0 Å². The van der Waals surface area contributed by atoms with E-state index in [4.69, 9.17) is 0 Å². The first-order chi connectivity index (χ1) is 8.24. The van der Waals surface area contributed by atoms with Crippen LogP contribution in [-0.4, -0.2) is 23.6 Å². The van der Waals surface area contributed by atoms with E-state index in [9.17, 15) is 0 Å². The van der Waals surface area contributed by atoms with Crippen LogP contribution >= 0.6 is 11.8 Å². The molecule has 1 aliphatic rings. The Bertz CT molecular complexity index is 180. The summed E-state index contributed by atoms with van der Waals surface area (Å²) in [6, 6.07) is 0.777. The molecule has 1 aliphatic carbocycles. The van der Waals surface area contributed by atoms with E-state index in [2.05, 4.69) is 37.8 Å². The summed E-state index contributed by atoms with van der Waals surface area (Å²) in [5, 5.41) is 4.66. The highest BCUT2D eigenvalue weighted by Gasteiger charge is 2.22. The predicted molar refractivity (Wildman–Crippen MR) is 80.9 cm³/mol. The molecule has 2 heteroatoms. The second-order valence-corrected chi connectivity index (χ2v) is 7.09. The van der Waals surface area contributed by atoms with E-state index in [1.165, 1.54) is 57.2 Å². The van der Waals surface area contributed by atoms with Crippen LogP contribution in [-0.2, 0) is 0 Å². The van der Waals surface area contributed by atoms with Gasteiger partial charge < -0.3 is 5.32 Å². The molecule has 0 radical (unpaired) electrons. The van der Waals surface area contributed by atoms with Gasteiger partial charge in [-0.15, -0.1) is 0 Å². The second kappa shape index (κ2) is 9.27. The molecule has 0 aromatic carbocycles. The van der Waals surface area contributed by atoms with Gasteiger partial charge in [-0.05, 0) is 37.5 Å². The van der Waals surface area contributed by atoms with Gasteiger partial charge in [0.2, 0.25) is 0 Å². The summed E-state index contributed by atoms with van der Waals surface area (Å²) >= 11 is 2.22. The molecule has 0 spiro atoms. The Balaban J connectivity index is 2.42. The highest BCUT2D eigenvalue weighted by molar-refractivity contribution is 7.99. The Labute approximate surface area is 113 Å². The minimum Gasteiger partial charge on any atom is -0.313 e. The number of hydrogen-bond donors (Lipinski definition) is 1. The van der Waals surface area contributed by atoms with Crippen molar-refractivity contribution in [3.05, 3.63) is 0 Å². The SMILES string of the molecule is CCCNC1CCCCCCC1SCC(C)C. The van der Waals surface area contributed by atoms with Crippen molar-refractivity contribution in [2.45, 2.75) is 77.0 Å². The average Bonchev–Trinajstić information content (AvgIpc) is 2.27. The Hall–Kier alpha value is 0.310. The lowest BCUT2D eigenvalue weighted by Gasteiger charge is -2.30. The van der Waals surface area contributed by atoms with E-state index in [0.29, 0.717) is 0 Å². The van der Waals surface area contributed by atoms with Crippen molar-refractivity contribution in [1.82, 2.24) is 5.32 Å². The van der Waals surface area contributed by atoms with E-state index in [0.717, 1.165) is 17.2 Å². The largest absolute Gasteiger partial charge is 0.313 e. The minimum atomic E-state index is 0.777. The van der Waals surface area contributed by atoms with E-state index in [-0.39, 0.29) is 0 Å². The summed E-state index contributed by atoms with van der Waals surface area (Å²) in [4.78, 5) is 0. The molecule has 1 fully saturated rings. The zero-order valence-electron chi connectivity index (χ0n) is 12.0. The summed E-state index contributed by atoms with van der Waals surface area (Å²) in [5.74, 6) is 2.16. The van der Waals surface area contributed by atoms with Gasteiger partial charge in [-0.3, -0.25) is 0 Å². The fraction of sp³-hybridized carbons (Fsp3) is 1.00. The molecule has 0 aromatic heterocycles. The van der Waals surface area contributed by atoms with Crippen molar-refractivity contribution in [1.29, 1.82) is 0 Å². The molecule has 1 N–H and O–H groups in total. The van der Waals surface area contributed by atoms with Gasteiger partial charge in [-0.25, -0.2) is 0 Å². The molecule has 1 nitrogen and oxygen atoms in total. The first kappa shape index (κ1) is 15.4. The van der Waals surface area contributed by atoms with Gasteiger partial charge in [0.05, 0.1) is 0 Å². The fourth-order valence-corrected chi connectivity index (χ4v) is 3.96. The number of nitrogens with one attached hydrogen (secondary N) is 1. The zero-order chi connectivity index (χ0) is 12.5. The Morgan fingerprint density at radius 1 is 1.12 bits per heavy atom. The van der Waals surface area contributed by atoms with Crippen LogP contribution in [0.25, 0.3) is 0 Å². The van der Waals surface area contributed by atoms with E-state index in [1.807, 2.05) is 0 Å². The van der Waals surface area contributed by atoms with Gasteiger partial charge in [-0.1, -0.05) is 46.5 Å². The van der Waals surface area contributed by atoms with Crippen LogP contribution in [0.15, 0.2) is 0 Å². The Morgan fingerprint density at radius 2 is 1.82 bits per heavy atom. The van der Waals surface area contributed by atoms with Gasteiger partial charge in [0.25, 0.3) is 0 Å². The van der Waals surface area contributed by atoms with Gasteiger partial charge in [-0.2, -0.15) is 11.8 Å². The van der Waals surface area contributed by atoms with Crippen LogP contribution in [0.2, 0.25) is 0 Å². The van der Waals surface area contributed by atoms with Crippen LogP contribution in [0.5, 0.6) is 0 Å². The minimum absolute atomic E-state index is 0.777. The molecule has 0 bridgehead atoms. The van der Waals surface area contributed by atoms with Crippen LogP contribution in [0.1, 0.15) is 65.7 Å². The lowest BCUT2D eigenvalue weighted by molar-refractivity contribution is 0.399. The van der Waals surface area contributed by atoms with Crippen molar-refractivity contribution in [3.63, 3.8) is 0 Å². The third kappa shape index (κ3) is 6.71. The number of rotatable bonds is 6. The van der Waals surface area contributed by atoms with Crippen LogP contribution < -0.4 is 5.32 Å². The molecule has 17 heavy (non-hydrogen) atoms. The first-order valence-corrected chi connectivity index (χ1v) is 8.64. The lowest BCUT2D eigenvalue weighted by Crippen LogP contribution is -2.39. The van der Waals surface area contributed by atoms with Crippen LogP contribution in [0.3, 0.4) is 0 Å². The maximum absolute atomic E-state index is 3.79. The lowest BCUT2D eigenvalue weighted by atomic mass is 9.96. The predicted octanol–water partition coefficient (Wildman–Crippen LogP) is 4.47. The average molecular weight is 257 g/mol. The second-order valence-electron chi connectivity index (χ2n) is 5.82. The van der Waals surface area contributed by atoms with E-state index < -0.39 is 0 Å². The molecule has 1 saturated carbocycles. The number of thioether (sulfide) groups is 1. The monoisotopic (exact) mass is 257 g/mol. The molecule has 2 atom stereocenters. The van der Waals surface area contributed by atoms with Crippen molar-refractivity contribution >= 4 is 11.8 Å². The molecular weight excluding hydrogens is 226 g/mol. The standard InChI is InChI=1S/C15H31NS/c1-4-11-16-14-9-7-5-6-8-10-15(14)17-12-13(2)3/h13-16H,4-12H2,1-3H3. The van der Waals surface area contributed by atoms with E-state index >= 15 is 0 Å². The normalized spacial score (nSPS) is 26.8. The van der Waals surface area contributed by atoms with Gasteiger partial charge >= 0.3 is 0 Å². The molecular formula is C15H31NS. The Morgan fingerprint density at radius 3 is 2.47 bits per heavy atom. The maximum atomic E-state index is 3.79. The van der Waals surface area contributed by atoms with Crippen molar-refractivity contribution in [2.75, 3.05) is 12.3 Å². The quantitative estimate of drug-likeness (QED) is 0.753. The molecule has 0 amide bonds. The van der Waals surface area contributed by atoms with Crippen LogP contribution in [0.4, 0.5) is 0 Å². The highest BCUT2D eigenvalue weighted by Crippen LogP contribution is 2.28. The molecule has 2 unspecified atom stereocenters. The molecule has 102 valence electrons. The van der Waals surface area contributed by atoms with E-state index in [1.54, 1.807) is 0 Å². The summed E-state index contributed by atoms with van der Waals surface area (Å²) in [6.45, 7) is 8.14. The Kier molecular flexibility index (Phi) is 8.38. The third-order valence-electron chi connectivity index (χ3n) is 3.50. The molecule has 0 saturated heterocycles. The fourth-order valence-electron chi connectivity index (χ4n) is 2.53. The van der Waals surface area contributed by atoms with Gasteiger partial charge in [0.1, 0.15) is 0 Å². The molecule has 1 rings (SSSR count). The molecule has 0 aromatic rings. The van der Waals surface area contributed by atoms with Crippen LogP contribution in [0, 0.1) is 5.92 Å². The molecule has 0 aliphatic heterocycles. The number of hydrogen-bond acceptors (Lipinski definition) is 2. The summed E-state index contributed by atoms with van der Waals surface area (Å²) in [6.07, 6.45) is 9.87. The first-order valence-electron chi connectivity index (χ1n) is 7.59. The van der Waals surface area contributed by atoms with Gasteiger partial charge in [0.15, 0.2) is 0 Å². The molecule has 0 heterocycles. The third-order valence-corrected chi connectivity index (χ3v) is 5.35. The summed E-state index contributed by atoms with van der Waals surface area (Å²) in [7, 11) is 0. The highest BCUT2D eigenvalue weighted by atomic mass is 32.2. The summed E-state index contributed by atoms with van der Waals surface area (Å²) < 4.78 is 0. The zero-order valence-corrected chi connectivity index (χ0v) is 12.8. The van der Waals surface area contributed by atoms with Crippen molar-refractivity contribution in [3.8, 4) is 0 Å². The van der Waals surface area contributed by atoms with Gasteiger partial charge in [0, 0.05) is 11.3 Å². The smallest absolute Gasteiger partial charge is 0.0201 e. The maximum Gasteiger partial charge on any atom is 0.0201 e. The summed E-state index contributed by atoms with van der Waals surface area (Å²) in [5.41, 5.74) is 0. The van der Waals surface area contributed by atoms with Crippen molar-refractivity contribution < 1.29 is 0 Å². The van der Waals surface area contributed by atoms with Crippen molar-refractivity contribution in [2.24, 2.45) is 5.92 Å².